The molecule has 28 heavy (non-hydrogen) atoms. The highest BCUT2D eigenvalue weighted by Crippen LogP contribution is 2.59. The summed E-state index contributed by atoms with van der Waals surface area (Å²) in [6, 6.07) is 9.60. The van der Waals surface area contributed by atoms with Crippen molar-refractivity contribution < 1.29 is 14.1 Å². The summed E-state index contributed by atoms with van der Waals surface area (Å²) < 4.78 is 5.41. The van der Waals surface area contributed by atoms with Crippen LogP contribution in [-0.4, -0.2) is 35.0 Å². The number of rotatable bonds is 3. The van der Waals surface area contributed by atoms with Gasteiger partial charge in [0.1, 0.15) is 5.76 Å². The van der Waals surface area contributed by atoms with Gasteiger partial charge in [0, 0.05) is 36.7 Å². The van der Waals surface area contributed by atoms with Crippen molar-refractivity contribution in [1.82, 2.24) is 10.1 Å². The number of piperidine rings is 1. The van der Waals surface area contributed by atoms with Gasteiger partial charge >= 0.3 is 0 Å². The van der Waals surface area contributed by atoms with Crippen molar-refractivity contribution in [3.05, 3.63) is 47.3 Å². The molecule has 2 aromatic rings. The second-order valence-corrected chi connectivity index (χ2v) is 8.41. The van der Waals surface area contributed by atoms with E-state index in [1.165, 1.54) is 0 Å². The van der Waals surface area contributed by atoms with Crippen molar-refractivity contribution in [1.29, 1.82) is 0 Å². The zero-order valence-electron chi connectivity index (χ0n) is 15.9. The zero-order valence-corrected chi connectivity index (χ0v) is 15.9. The monoisotopic (exact) mass is 379 g/mol. The molecule has 1 saturated heterocycles. The molecule has 1 unspecified atom stereocenters. The highest BCUT2D eigenvalue weighted by atomic mass is 16.5. The number of carbonyl (C=O) groups excluding carboxylic acids is 2. The minimum atomic E-state index is -0.00677. The first-order chi connectivity index (χ1) is 13.7. The van der Waals surface area contributed by atoms with Crippen molar-refractivity contribution in [2.24, 2.45) is 11.3 Å². The molecule has 6 nitrogen and oxygen atoms in total. The first-order valence-corrected chi connectivity index (χ1v) is 10.3. The average Bonchev–Trinajstić information content (AvgIpc) is 3.26. The third kappa shape index (κ3) is 3.01. The van der Waals surface area contributed by atoms with Gasteiger partial charge in [0.05, 0.1) is 0 Å². The maximum Gasteiger partial charge on any atom is 0.276 e. The maximum atomic E-state index is 12.9. The summed E-state index contributed by atoms with van der Waals surface area (Å²) in [7, 11) is 0. The van der Waals surface area contributed by atoms with E-state index in [1.54, 1.807) is 0 Å². The van der Waals surface area contributed by atoms with Crippen molar-refractivity contribution in [3.8, 4) is 0 Å². The van der Waals surface area contributed by atoms with Crippen LogP contribution in [0.2, 0.25) is 0 Å². The molecule has 1 saturated carbocycles. The van der Waals surface area contributed by atoms with E-state index in [2.05, 4.69) is 10.5 Å². The molecule has 1 N–H and O–H groups in total. The van der Waals surface area contributed by atoms with Crippen LogP contribution in [0.15, 0.2) is 34.9 Å². The number of aromatic nitrogens is 1. The second-order valence-electron chi connectivity index (χ2n) is 8.41. The lowest BCUT2D eigenvalue weighted by atomic mass is 9.90. The number of benzene rings is 1. The number of fused-ring (bicyclic) bond motifs is 1. The Morgan fingerprint density at radius 1 is 1.11 bits per heavy atom. The molecule has 146 valence electrons. The third-order valence-corrected chi connectivity index (χ3v) is 6.75. The number of anilines is 1. The lowest BCUT2D eigenvalue weighted by molar-refractivity contribution is -0.118. The molecular formula is C22H25N3O3. The van der Waals surface area contributed by atoms with Crippen molar-refractivity contribution in [3.63, 3.8) is 0 Å². The Balaban J connectivity index is 1.20. The Kier molecular flexibility index (Phi) is 4.22. The molecule has 2 fully saturated rings. The average molecular weight is 379 g/mol. The van der Waals surface area contributed by atoms with Crippen LogP contribution in [0.1, 0.15) is 53.9 Å². The molecule has 2 heterocycles. The molecular weight excluding hydrogens is 354 g/mol. The largest absolute Gasteiger partial charge is 0.360 e. The fourth-order valence-corrected chi connectivity index (χ4v) is 4.88. The van der Waals surface area contributed by atoms with Crippen molar-refractivity contribution in [2.75, 3.05) is 18.4 Å². The van der Waals surface area contributed by atoms with Crippen LogP contribution in [0.25, 0.3) is 0 Å². The van der Waals surface area contributed by atoms with Crippen molar-refractivity contribution in [2.45, 2.75) is 44.9 Å². The van der Waals surface area contributed by atoms with Crippen molar-refractivity contribution >= 4 is 17.5 Å². The molecule has 2 amide bonds. The molecule has 0 bridgehead atoms. The molecule has 3 aliphatic rings. The smallest absolute Gasteiger partial charge is 0.276 e. The first-order valence-electron chi connectivity index (χ1n) is 10.3. The van der Waals surface area contributed by atoms with Crippen LogP contribution in [-0.2, 0) is 17.6 Å². The highest BCUT2D eigenvalue weighted by molar-refractivity contribution is 5.96. The molecule has 5 rings (SSSR count). The number of aryl methyl sites for hydroxylation is 1. The number of likely N-dealkylation sites (tertiary alicyclic amines) is 1. The molecule has 1 aliphatic heterocycles. The zero-order chi connectivity index (χ0) is 19.1. The third-order valence-electron chi connectivity index (χ3n) is 6.75. The normalized spacial score (nSPS) is 22.6. The van der Waals surface area contributed by atoms with Crippen LogP contribution in [0.4, 0.5) is 5.69 Å². The van der Waals surface area contributed by atoms with Crippen LogP contribution >= 0.6 is 0 Å². The fraction of sp³-hybridized carbons (Fsp3) is 0.500. The van der Waals surface area contributed by atoms with Crippen LogP contribution in [0.5, 0.6) is 0 Å². The van der Waals surface area contributed by atoms with Crippen LogP contribution in [0, 0.1) is 11.3 Å². The van der Waals surface area contributed by atoms with E-state index in [-0.39, 0.29) is 23.1 Å². The highest BCUT2D eigenvalue weighted by Gasteiger charge is 2.58. The van der Waals surface area contributed by atoms with E-state index >= 15 is 0 Å². The van der Waals surface area contributed by atoms with Gasteiger partial charge in [0.2, 0.25) is 5.91 Å². The van der Waals surface area contributed by atoms with Gasteiger partial charge < -0.3 is 14.7 Å². The van der Waals surface area contributed by atoms with Gasteiger partial charge in [-0.15, -0.1) is 0 Å². The number of nitrogens with one attached hydrogen (secondary N) is 1. The first kappa shape index (κ1) is 17.5. The lowest BCUT2D eigenvalue weighted by Crippen LogP contribution is -2.40. The summed E-state index contributed by atoms with van der Waals surface area (Å²) in [6.45, 7) is 1.38. The summed E-state index contributed by atoms with van der Waals surface area (Å²) in [5, 5.41) is 7.11. The summed E-state index contributed by atoms with van der Waals surface area (Å²) in [5.41, 5.74) is 2.44. The van der Waals surface area contributed by atoms with Gasteiger partial charge in [-0.25, -0.2) is 0 Å². The predicted molar refractivity (Wildman–Crippen MR) is 104 cm³/mol. The van der Waals surface area contributed by atoms with Crippen LogP contribution < -0.4 is 5.32 Å². The topological polar surface area (TPSA) is 75.4 Å². The van der Waals surface area contributed by atoms with Gasteiger partial charge in [-0.2, -0.15) is 0 Å². The Hall–Kier alpha value is -2.63. The van der Waals surface area contributed by atoms with Crippen LogP contribution in [0.3, 0.4) is 0 Å². The lowest BCUT2D eigenvalue weighted by Gasteiger charge is -2.32. The van der Waals surface area contributed by atoms with E-state index in [1.807, 2.05) is 35.2 Å². The summed E-state index contributed by atoms with van der Waals surface area (Å²) >= 11 is 0. The molecule has 1 atom stereocenters. The number of amides is 2. The molecule has 1 aromatic carbocycles. The molecule has 1 spiro atoms. The summed E-state index contributed by atoms with van der Waals surface area (Å²) in [4.78, 5) is 27.4. The van der Waals surface area contributed by atoms with Gasteiger partial charge in [-0.1, -0.05) is 23.4 Å². The standard InChI is InChI=1S/C22H25N3O3/c26-20(23-15-6-2-1-3-7-15)17-14-22(17)10-12-25(13-11-22)21(27)19-16-8-4-5-9-18(16)28-24-19/h1-3,6-7,17H,4-5,8-14H2,(H,23,26). The molecule has 1 aromatic heterocycles. The fourth-order valence-electron chi connectivity index (χ4n) is 4.88. The van der Waals surface area contributed by atoms with E-state index in [0.717, 1.165) is 62.0 Å². The maximum absolute atomic E-state index is 12.9. The molecule has 2 aliphatic carbocycles. The Bertz CT molecular complexity index is 897. The predicted octanol–water partition coefficient (Wildman–Crippen LogP) is 3.43. The van der Waals surface area contributed by atoms with E-state index in [0.29, 0.717) is 18.8 Å². The van der Waals surface area contributed by atoms with E-state index < -0.39 is 0 Å². The Labute approximate surface area is 164 Å². The Morgan fingerprint density at radius 2 is 1.86 bits per heavy atom. The summed E-state index contributed by atoms with van der Waals surface area (Å²) in [5.74, 6) is 1.05. The quantitative estimate of drug-likeness (QED) is 0.886. The number of hydrogen-bond donors (Lipinski definition) is 1. The number of para-hydroxylation sites is 1. The minimum absolute atomic E-state index is 0.00677. The van der Waals surface area contributed by atoms with Gasteiger partial charge in [0.25, 0.3) is 5.91 Å². The molecule has 0 radical (unpaired) electrons. The van der Waals surface area contributed by atoms with Gasteiger partial charge in [-0.3, -0.25) is 9.59 Å². The number of nitrogens with zero attached hydrogens (tertiary/aromatic N) is 2. The minimum Gasteiger partial charge on any atom is -0.360 e. The molecule has 6 heteroatoms. The van der Waals surface area contributed by atoms with E-state index in [4.69, 9.17) is 4.52 Å². The van der Waals surface area contributed by atoms with Gasteiger partial charge in [0.15, 0.2) is 5.69 Å². The SMILES string of the molecule is O=C(Nc1ccccc1)C1CC12CCN(C(=O)c1noc3c1CCCC3)CC2. The van der Waals surface area contributed by atoms with Gasteiger partial charge in [-0.05, 0) is 56.1 Å². The summed E-state index contributed by atoms with van der Waals surface area (Å²) in [6.07, 6.45) is 6.66. The Morgan fingerprint density at radius 3 is 2.64 bits per heavy atom. The number of hydrogen-bond acceptors (Lipinski definition) is 4. The number of carbonyl (C=O) groups is 2. The van der Waals surface area contributed by atoms with E-state index in [9.17, 15) is 9.59 Å². The second kappa shape index (κ2) is 6.76.